The number of aliphatic hydroxyl groups excluding tert-OH is 1. The largest absolute Gasteiger partial charge is 0.396 e. The molecule has 3 heteroatoms. The Hall–Kier alpha value is -0.590. The molecule has 1 aliphatic rings. The molecule has 56 valence electrons. The van der Waals surface area contributed by atoms with Gasteiger partial charge < -0.3 is 10.4 Å². The Morgan fingerprint density at radius 3 is 2.80 bits per heavy atom. The first kappa shape index (κ1) is 7.52. The van der Waals surface area contributed by atoms with E-state index in [2.05, 4.69) is 5.32 Å². The van der Waals surface area contributed by atoms with E-state index in [9.17, 15) is 0 Å². The maximum Gasteiger partial charge on any atom is 0.0843 e. The second-order valence-electron chi connectivity index (χ2n) is 2.76. The number of aliphatic hydroxyl groups is 1. The molecule has 0 heterocycles. The Morgan fingerprint density at radius 2 is 2.30 bits per heavy atom. The van der Waals surface area contributed by atoms with Gasteiger partial charge in [0.1, 0.15) is 0 Å². The smallest absolute Gasteiger partial charge is 0.0843 e. The van der Waals surface area contributed by atoms with Crippen molar-refractivity contribution in [3.8, 4) is 6.07 Å². The molecule has 0 aromatic carbocycles. The van der Waals surface area contributed by atoms with E-state index in [0.717, 1.165) is 12.8 Å². The van der Waals surface area contributed by atoms with Gasteiger partial charge in [-0.1, -0.05) is 0 Å². The topological polar surface area (TPSA) is 56.0 Å². The molecule has 0 unspecified atom stereocenters. The van der Waals surface area contributed by atoms with Crippen molar-refractivity contribution in [2.24, 2.45) is 5.92 Å². The first-order valence-corrected chi connectivity index (χ1v) is 3.58. The summed E-state index contributed by atoms with van der Waals surface area (Å²) >= 11 is 0. The van der Waals surface area contributed by atoms with Crippen LogP contribution in [0.3, 0.4) is 0 Å². The molecule has 0 bridgehead atoms. The predicted octanol–water partition coefficient (Wildman–Crippen LogP) is -0.130. The Labute approximate surface area is 60.7 Å². The lowest BCUT2D eigenvalue weighted by molar-refractivity contribution is 0.129. The lowest BCUT2D eigenvalue weighted by atomic mass is 9.81. The molecule has 1 aliphatic carbocycles. The summed E-state index contributed by atoms with van der Waals surface area (Å²) < 4.78 is 0. The van der Waals surface area contributed by atoms with Crippen molar-refractivity contribution in [2.75, 3.05) is 13.2 Å². The maximum atomic E-state index is 8.64. The highest BCUT2D eigenvalue weighted by atomic mass is 16.3. The van der Waals surface area contributed by atoms with Crippen LogP contribution in [-0.2, 0) is 0 Å². The molecule has 1 fully saturated rings. The second-order valence-corrected chi connectivity index (χ2v) is 2.76. The number of nitrogens with zero attached hydrogens (tertiary/aromatic N) is 1. The zero-order valence-corrected chi connectivity index (χ0v) is 5.88. The Balaban J connectivity index is 1.99. The molecule has 1 rings (SSSR count). The fourth-order valence-corrected chi connectivity index (χ4v) is 1.24. The number of hydrogen-bond donors (Lipinski definition) is 2. The Bertz CT molecular complexity index is 135. The summed E-state index contributed by atoms with van der Waals surface area (Å²) in [5.41, 5.74) is 0. The summed E-state index contributed by atoms with van der Waals surface area (Å²) in [5.74, 6) is 0.483. The lowest BCUT2D eigenvalue weighted by Crippen LogP contribution is -2.42. The number of nitriles is 1. The van der Waals surface area contributed by atoms with Gasteiger partial charge in [-0.3, -0.25) is 0 Å². The Morgan fingerprint density at radius 1 is 1.60 bits per heavy atom. The van der Waals surface area contributed by atoms with Crippen molar-refractivity contribution in [2.45, 2.75) is 18.9 Å². The minimum Gasteiger partial charge on any atom is -0.396 e. The van der Waals surface area contributed by atoms with E-state index in [1.54, 1.807) is 0 Å². The van der Waals surface area contributed by atoms with Gasteiger partial charge in [0.25, 0.3) is 0 Å². The van der Waals surface area contributed by atoms with Gasteiger partial charge in [0, 0.05) is 12.6 Å². The second kappa shape index (κ2) is 3.55. The van der Waals surface area contributed by atoms with Crippen LogP contribution >= 0.6 is 0 Å². The van der Waals surface area contributed by atoms with E-state index in [4.69, 9.17) is 10.4 Å². The summed E-state index contributed by atoms with van der Waals surface area (Å²) in [5, 5.41) is 19.9. The molecule has 0 aromatic heterocycles. The summed E-state index contributed by atoms with van der Waals surface area (Å²) in [6.45, 7) is 0.730. The minimum atomic E-state index is 0.296. The highest BCUT2D eigenvalue weighted by Gasteiger charge is 2.27. The number of nitrogens with one attached hydrogen (secondary N) is 1. The zero-order chi connectivity index (χ0) is 7.40. The van der Waals surface area contributed by atoms with Crippen molar-refractivity contribution in [3.63, 3.8) is 0 Å². The average molecular weight is 140 g/mol. The van der Waals surface area contributed by atoms with Crippen molar-refractivity contribution >= 4 is 0 Å². The van der Waals surface area contributed by atoms with Crippen LogP contribution in [0.1, 0.15) is 12.8 Å². The van der Waals surface area contributed by atoms with Gasteiger partial charge >= 0.3 is 0 Å². The van der Waals surface area contributed by atoms with Crippen molar-refractivity contribution in [1.82, 2.24) is 5.32 Å². The van der Waals surface area contributed by atoms with E-state index in [1.807, 2.05) is 6.07 Å². The van der Waals surface area contributed by atoms with Crippen LogP contribution in [0.2, 0.25) is 0 Å². The van der Waals surface area contributed by atoms with E-state index in [0.29, 0.717) is 25.1 Å². The Kier molecular flexibility index (Phi) is 2.67. The monoisotopic (exact) mass is 140 g/mol. The fraction of sp³-hybridized carbons (Fsp3) is 0.857. The molecule has 10 heavy (non-hydrogen) atoms. The molecule has 0 aromatic rings. The van der Waals surface area contributed by atoms with Gasteiger partial charge in [0.2, 0.25) is 0 Å². The van der Waals surface area contributed by atoms with Gasteiger partial charge in [0.05, 0.1) is 12.6 Å². The van der Waals surface area contributed by atoms with Crippen LogP contribution in [0.15, 0.2) is 0 Å². The summed E-state index contributed by atoms with van der Waals surface area (Å²) in [6.07, 6.45) is 2.05. The highest BCUT2D eigenvalue weighted by molar-refractivity contribution is 4.87. The molecule has 1 saturated carbocycles. The average Bonchev–Trinajstić information content (AvgIpc) is 1.86. The zero-order valence-electron chi connectivity index (χ0n) is 5.88. The molecule has 0 spiro atoms. The van der Waals surface area contributed by atoms with Gasteiger partial charge in [-0.05, 0) is 18.8 Å². The van der Waals surface area contributed by atoms with Crippen molar-refractivity contribution < 1.29 is 5.11 Å². The third-order valence-electron chi connectivity index (χ3n) is 1.96. The summed E-state index contributed by atoms with van der Waals surface area (Å²) in [7, 11) is 0. The SMILES string of the molecule is N#CCNC1CC(CO)C1. The molecule has 3 nitrogen and oxygen atoms in total. The van der Waals surface area contributed by atoms with E-state index in [-0.39, 0.29) is 0 Å². The first-order chi connectivity index (χ1) is 4.86. The minimum absolute atomic E-state index is 0.296. The van der Waals surface area contributed by atoms with E-state index < -0.39 is 0 Å². The molecular formula is C7H12N2O. The van der Waals surface area contributed by atoms with E-state index >= 15 is 0 Å². The van der Waals surface area contributed by atoms with Crippen LogP contribution in [0.25, 0.3) is 0 Å². The first-order valence-electron chi connectivity index (χ1n) is 3.58. The quantitative estimate of drug-likeness (QED) is 0.537. The molecule has 0 amide bonds. The molecule has 0 radical (unpaired) electrons. The van der Waals surface area contributed by atoms with Gasteiger partial charge in [-0.25, -0.2) is 0 Å². The molecule has 0 aliphatic heterocycles. The molecule has 2 N–H and O–H groups in total. The van der Waals surface area contributed by atoms with Crippen LogP contribution in [0.5, 0.6) is 0 Å². The summed E-state index contributed by atoms with van der Waals surface area (Å²) in [4.78, 5) is 0. The van der Waals surface area contributed by atoms with Crippen molar-refractivity contribution in [1.29, 1.82) is 5.26 Å². The van der Waals surface area contributed by atoms with Crippen molar-refractivity contribution in [3.05, 3.63) is 0 Å². The van der Waals surface area contributed by atoms with Crippen LogP contribution < -0.4 is 5.32 Å². The summed E-state index contributed by atoms with van der Waals surface area (Å²) in [6, 6.07) is 2.51. The maximum absolute atomic E-state index is 8.64. The molecule has 0 saturated heterocycles. The number of hydrogen-bond acceptors (Lipinski definition) is 3. The third kappa shape index (κ3) is 1.69. The van der Waals surface area contributed by atoms with E-state index in [1.165, 1.54) is 0 Å². The fourth-order valence-electron chi connectivity index (χ4n) is 1.24. The van der Waals surface area contributed by atoms with Crippen LogP contribution in [-0.4, -0.2) is 24.3 Å². The number of rotatable bonds is 3. The molecular weight excluding hydrogens is 128 g/mol. The third-order valence-corrected chi connectivity index (χ3v) is 1.96. The normalized spacial score (nSPS) is 30.8. The van der Waals surface area contributed by atoms with Crippen LogP contribution in [0, 0.1) is 17.2 Å². The van der Waals surface area contributed by atoms with Gasteiger partial charge in [0.15, 0.2) is 0 Å². The predicted molar refractivity (Wildman–Crippen MR) is 37.2 cm³/mol. The van der Waals surface area contributed by atoms with Gasteiger partial charge in [-0.15, -0.1) is 0 Å². The van der Waals surface area contributed by atoms with Crippen LogP contribution in [0.4, 0.5) is 0 Å². The van der Waals surface area contributed by atoms with Gasteiger partial charge in [-0.2, -0.15) is 5.26 Å². The standard InChI is InChI=1S/C7H12N2O/c8-1-2-9-7-3-6(4-7)5-10/h6-7,9-10H,2-5H2. The highest BCUT2D eigenvalue weighted by Crippen LogP contribution is 2.26. The lowest BCUT2D eigenvalue weighted by Gasteiger charge is -2.33. The molecule has 0 atom stereocenters.